The van der Waals surface area contributed by atoms with Crippen LogP contribution in [0.5, 0.6) is 5.75 Å². The van der Waals surface area contributed by atoms with Gasteiger partial charge in [-0.05, 0) is 37.6 Å². The van der Waals surface area contributed by atoms with E-state index in [-0.39, 0.29) is 5.82 Å². The molecule has 0 bridgehead atoms. The highest BCUT2D eigenvalue weighted by Gasteiger charge is 2.13. The Morgan fingerprint density at radius 3 is 2.54 bits per heavy atom. The topological polar surface area (TPSA) is 59.9 Å². The van der Waals surface area contributed by atoms with Crippen LogP contribution in [0.25, 0.3) is 11.4 Å². The van der Waals surface area contributed by atoms with Gasteiger partial charge in [0, 0.05) is 18.1 Å². The van der Waals surface area contributed by atoms with Gasteiger partial charge in [0.1, 0.15) is 5.82 Å². The minimum atomic E-state index is -0.364. The smallest absolute Gasteiger partial charge is 0.179 e. The summed E-state index contributed by atoms with van der Waals surface area (Å²) in [7, 11) is 1.54. The van der Waals surface area contributed by atoms with Crippen LogP contribution in [0, 0.1) is 19.7 Å². The van der Waals surface area contributed by atoms with Crippen molar-refractivity contribution in [1.29, 1.82) is 0 Å². The average Bonchev–Trinajstić information content (AvgIpc) is 2.67. The average molecular weight is 354 g/mol. The maximum atomic E-state index is 14.1. The highest BCUT2D eigenvalue weighted by atomic mass is 19.1. The first-order valence-corrected chi connectivity index (χ1v) is 8.43. The minimum Gasteiger partial charge on any atom is -0.491 e. The summed E-state index contributed by atoms with van der Waals surface area (Å²) in [6.07, 6.45) is 4.96. The minimum absolute atomic E-state index is 0.297. The van der Waals surface area contributed by atoms with Gasteiger partial charge >= 0.3 is 0 Å². The molecule has 0 spiro atoms. The zero-order valence-electron chi connectivity index (χ0n) is 15.7. The maximum Gasteiger partial charge on any atom is 0.179 e. The lowest BCUT2D eigenvalue weighted by Gasteiger charge is -2.13. The zero-order valence-corrected chi connectivity index (χ0v) is 15.7. The normalized spacial score (nSPS) is 9.92. The molecule has 0 aliphatic carbocycles. The molecule has 136 valence electrons. The molecule has 1 aromatic carbocycles. The molecule has 5 nitrogen and oxygen atoms in total. The Balaban J connectivity index is 0.00000117. The number of rotatable bonds is 4. The quantitative estimate of drug-likeness (QED) is 0.708. The number of anilines is 2. The summed E-state index contributed by atoms with van der Waals surface area (Å²) >= 11 is 0. The van der Waals surface area contributed by atoms with Crippen LogP contribution in [0.4, 0.5) is 15.9 Å². The molecule has 0 radical (unpaired) electrons. The molecule has 0 aliphatic heterocycles. The molecule has 2 aromatic heterocycles. The van der Waals surface area contributed by atoms with E-state index < -0.39 is 0 Å². The standard InChI is InChI=1S/C18H17FN4O.C2H6/c1-11-4-5-14(19)13(8-11)17-21-10-16(24-3)18(23-17)22-15-6-7-20-9-12(15)2;1-2/h4-10H,1-3H3,(H,20,21,22,23);1-2H3. The first-order chi connectivity index (χ1) is 12.6. The fourth-order valence-electron chi connectivity index (χ4n) is 2.29. The Hall–Kier alpha value is -3.02. The second-order valence-electron chi connectivity index (χ2n) is 5.41. The van der Waals surface area contributed by atoms with Crippen LogP contribution in [-0.4, -0.2) is 22.1 Å². The summed E-state index contributed by atoms with van der Waals surface area (Å²) < 4.78 is 19.4. The molecule has 3 aromatic rings. The number of ether oxygens (including phenoxy) is 1. The van der Waals surface area contributed by atoms with E-state index in [1.807, 2.05) is 33.8 Å². The zero-order chi connectivity index (χ0) is 19.1. The van der Waals surface area contributed by atoms with E-state index in [2.05, 4.69) is 20.3 Å². The lowest BCUT2D eigenvalue weighted by molar-refractivity contribution is 0.413. The van der Waals surface area contributed by atoms with Crippen molar-refractivity contribution in [2.45, 2.75) is 27.7 Å². The van der Waals surface area contributed by atoms with E-state index in [0.717, 1.165) is 16.8 Å². The number of nitrogens with zero attached hydrogens (tertiary/aromatic N) is 3. The molecule has 1 N–H and O–H groups in total. The molecule has 0 aliphatic rings. The predicted molar refractivity (Wildman–Crippen MR) is 102 cm³/mol. The second-order valence-corrected chi connectivity index (χ2v) is 5.41. The van der Waals surface area contributed by atoms with Crippen LogP contribution < -0.4 is 10.1 Å². The Morgan fingerprint density at radius 2 is 1.85 bits per heavy atom. The summed E-state index contributed by atoms with van der Waals surface area (Å²) in [6, 6.07) is 6.68. The number of halogens is 1. The van der Waals surface area contributed by atoms with Crippen molar-refractivity contribution < 1.29 is 9.13 Å². The number of hydrogen-bond acceptors (Lipinski definition) is 5. The van der Waals surface area contributed by atoms with E-state index in [0.29, 0.717) is 23.0 Å². The van der Waals surface area contributed by atoms with Crippen LogP contribution in [-0.2, 0) is 0 Å². The number of pyridine rings is 1. The van der Waals surface area contributed by atoms with Crippen LogP contribution in [0.3, 0.4) is 0 Å². The van der Waals surface area contributed by atoms with Gasteiger partial charge in [-0.3, -0.25) is 4.98 Å². The van der Waals surface area contributed by atoms with Crippen molar-refractivity contribution >= 4 is 11.5 Å². The van der Waals surface area contributed by atoms with E-state index in [9.17, 15) is 4.39 Å². The van der Waals surface area contributed by atoms with Gasteiger partial charge in [-0.2, -0.15) is 0 Å². The lowest BCUT2D eigenvalue weighted by atomic mass is 10.1. The lowest BCUT2D eigenvalue weighted by Crippen LogP contribution is -2.02. The number of benzene rings is 1. The number of methoxy groups -OCH3 is 1. The van der Waals surface area contributed by atoms with Crippen LogP contribution in [0.15, 0.2) is 42.9 Å². The van der Waals surface area contributed by atoms with Gasteiger partial charge in [0.2, 0.25) is 0 Å². The summed E-state index contributed by atoms with van der Waals surface area (Å²) in [5.41, 5.74) is 3.09. The summed E-state index contributed by atoms with van der Waals surface area (Å²) in [5, 5.41) is 3.20. The first-order valence-electron chi connectivity index (χ1n) is 8.43. The Labute approximate surface area is 153 Å². The highest BCUT2D eigenvalue weighted by Crippen LogP contribution is 2.29. The third-order valence-electron chi connectivity index (χ3n) is 3.61. The largest absolute Gasteiger partial charge is 0.491 e. The van der Waals surface area contributed by atoms with Crippen molar-refractivity contribution in [1.82, 2.24) is 15.0 Å². The molecular formula is C20H23FN4O. The van der Waals surface area contributed by atoms with Gasteiger partial charge in [0.25, 0.3) is 0 Å². The van der Waals surface area contributed by atoms with Crippen molar-refractivity contribution in [3.8, 4) is 17.1 Å². The molecule has 0 saturated carbocycles. The fraction of sp³-hybridized carbons (Fsp3) is 0.250. The predicted octanol–water partition coefficient (Wildman–Crippen LogP) is 5.07. The van der Waals surface area contributed by atoms with Gasteiger partial charge in [-0.1, -0.05) is 25.5 Å². The van der Waals surface area contributed by atoms with Crippen molar-refractivity contribution in [3.63, 3.8) is 0 Å². The molecule has 0 fully saturated rings. The van der Waals surface area contributed by atoms with Gasteiger partial charge < -0.3 is 10.1 Å². The molecule has 0 atom stereocenters. The highest BCUT2D eigenvalue weighted by molar-refractivity contribution is 5.67. The van der Waals surface area contributed by atoms with E-state index in [4.69, 9.17) is 4.74 Å². The number of aromatic nitrogens is 3. The fourth-order valence-corrected chi connectivity index (χ4v) is 2.29. The Kier molecular flexibility index (Phi) is 6.60. The van der Waals surface area contributed by atoms with Gasteiger partial charge in [0.05, 0.1) is 18.9 Å². The monoisotopic (exact) mass is 354 g/mol. The van der Waals surface area contributed by atoms with Crippen molar-refractivity contribution in [3.05, 3.63) is 59.8 Å². The number of nitrogens with one attached hydrogen (secondary N) is 1. The van der Waals surface area contributed by atoms with Crippen molar-refractivity contribution in [2.75, 3.05) is 12.4 Å². The SMILES string of the molecule is CC.COc1cnc(-c2cc(C)ccc2F)nc1Nc1ccncc1C. The first kappa shape index (κ1) is 19.3. The molecule has 3 rings (SSSR count). The van der Waals surface area contributed by atoms with E-state index in [1.54, 1.807) is 24.5 Å². The number of hydrogen-bond donors (Lipinski definition) is 1. The molecule has 2 heterocycles. The van der Waals surface area contributed by atoms with Gasteiger partial charge in [0.15, 0.2) is 17.4 Å². The number of aryl methyl sites for hydroxylation is 2. The maximum absolute atomic E-state index is 14.1. The summed E-state index contributed by atoms with van der Waals surface area (Å²) in [6.45, 7) is 7.83. The van der Waals surface area contributed by atoms with Crippen LogP contribution in [0.1, 0.15) is 25.0 Å². The summed E-state index contributed by atoms with van der Waals surface area (Å²) in [4.78, 5) is 12.7. The Morgan fingerprint density at radius 1 is 1.08 bits per heavy atom. The summed E-state index contributed by atoms with van der Waals surface area (Å²) in [5.74, 6) is 0.878. The van der Waals surface area contributed by atoms with Crippen molar-refractivity contribution in [2.24, 2.45) is 0 Å². The molecule has 0 saturated heterocycles. The van der Waals surface area contributed by atoms with E-state index >= 15 is 0 Å². The Bertz CT molecular complexity index is 883. The second kappa shape index (κ2) is 8.89. The molecular weight excluding hydrogens is 331 g/mol. The van der Waals surface area contributed by atoms with Crippen LogP contribution >= 0.6 is 0 Å². The molecule has 0 unspecified atom stereocenters. The van der Waals surface area contributed by atoms with Gasteiger partial charge in [-0.25, -0.2) is 14.4 Å². The van der Waals surface area contributed by atoms with Crippen LogP contribution in [0.2, 0.25) is 0 Å². The third kappa shape index (κ3) is 4.33. The molecule has 26 heavy (non-hydrogen) atoms. The van der Waals surface area contributed by atoms with E-state index in [1.165, 1.54) is 19.4 Å². The van der Waals surface area contributed by atoms with Gasteiger partial charge in [-0.15, -0.1) is 0 Å². The molecule has 0 amide bonds. The third-order valence-corrected chi connectivity index (χ3v) is 3.61. The molecule has 6 heteroatoms.